The van der Waals surface area contributed by atoms with Crippen molar-refractivity contribution in [2.75, 3.05) is 6.54 Å². The fourth-order valence-corrected chi connectivity index (χ4v) is 0.675. The molecule has 0 bridgehead atoms. The smallest absolute Gasteiger partial charge is 0.213 e. The summed E-state index contributed by atoms with van der Waals surface area (Å²) in [4.78, 5) is 3.85. The van der Waals surface area contributed by atoms with E-state index in [0.29, 0.717) is 12.4 Å². The molecule has 0 saturated heterocycles. The van der Waals surface area contributed by atoms with Crippen molar-refractivity contribution in [3.05, 3.63) is 24.9 Å². The Morgan fingerprint density at radius 3 is 3.27 bits per heavy atom. The molecule has 1 aromatic rings. The van der Waals surface area contributed by atoms with Crippen molar-refractivity contribution in [3.63, 3.8) is 0 Å². The molecule has 1 rings (SSSR count). The Kier molecular flexibility index (Phi) is 3.34. The largest absolute Gasteiger partial charge is 0.343 e. The summed E-state index contributed by atoms with van der Waals surface area (Å²) in [6.07, 6.45) is 4.14. The van der Waals surface area contributed by atoms with E-state index in [1.54, 1.807) is 0 Å². The standard InChI is InChI=1S/C7H11N3O/c1-2-3-4-8-5-7-9-6-11-10-7/h2,6,8H,1,3-5H2. The predicted octanol–water partition coefficient (Wildman–Crippen LogP) is 0.735. The molecule has 0 aliphatic heterocycles. The van der Waals surface area contributed by atoms with Gasteiger partial charge in [-0.1, -0.05) is 11.2 Å². The molecule has 0 fully saturated rings. The minimum absolute atomic E-state index is 0.657. The Balaban J connectivity index is 2.09. The Hall–Kier alpha value is -1.16. The topological polar surface area (TPSA) is 51.0 Å². The van der Waals surface area contributed by atoms with Gasteiger partial charge in [0.1, 0.15) is 0 Å². The monoisotopic (exact) mass is 153 g/mol. The Morgan fingerprint density at radius 1 is 1.73 bits per heavy atom. The molecule has 0 aliphatic carbocycles. The molecule has 0 amide bonds. The van der Waals surface area contributed by atoms with E-state index in [9.17, 15) is 0 Å². The van der Waals surface area contributed by atoms with E-state index in [-0.39, 0.29) is 0 Å². The van der Waals surface area contributed by atoms with E-state index in [1.807, 2.05) is 6.08 Å². The van der Waals surface area contributed by atoms with Gasteiger partial charge in [-0.3, -0.25) is 0 Å². The Morgan fingerprint density at radius 2 is 2.64 bits per heavy atom. The van der Waals surface area contributed by atoms with Crippen LogP contribution in [0, 0.1) is 0 Å². The second kappa shape index (κ2) is 4.62. The molecular weight excluding hydrogens is 142 g/mol. The molecule has 0 spiro atoms. The third kappa shape index (κ3) is 2.95. The average Bonchev–Trinajstić information content (AvgIpc) is 2.50. The van der Waals surface area contributed by atoms with Crippen LogP contribution < -0.4 is 5.32 Å². The summed E-state index contributed by atoms with van der Waals surface area (Å²) in [5.74, 6) is 0.689. The molecular formula is C7H11N3O. The van der Waals surface area contributed by atoms with Gasteiger partial charge >= 0.3 is 0 Å². The second-order valence-corrected chi connectivity index (χ2v) is 2.10. The molecule has 60 valence electrons. The van der Waals surface area contributed by atoms with Gasteiger partial charge in [-0.2, -0.15) is 4.98 Å². The fourth-order valence-electron chi connectivity index (χ4n) is 0.675. The highest BCUT2D eigenvalue weighted by atomic mass is 16.5. The van der Waals surface area contributed by atoms with E-state index >= 15 is 0 Å². The number of rotatable bonds is 5. The molecule has 1 aromatic heterocycles. The second-order valence-electron chi connectivity index (χ2n) is 2.10. The van der Waals surface area contributed by atoms with Crippen LogP contribution in [0.3, 0.4) is 0 Å². The summed E-state index contributed by atoms with van der Waals surface area (Å²) in [5.41, 5.74) is 0. The van der Waals surface area contributed by atoms with E-state index in [0.717, 1.165) is 13.0 Å². The minimum Gasteiger partial charge on any atom is -0.343 e. The maximum Gasteiger partial charge on any atom is 0.213 e. The lowest BCUT2D eigenvalue weighted by Crippen LogP contribution is -2.14. The third-order valence-corrected chi connectivity index (χ3v) is 1.22. The van der Waals surface area contributed by atoms with Gasteiger partial charge in [0.2, 0.25) is 6.39 Å². The van der Waals surface area contributed by atoms with Gasteiger partial charge < -0.3 is 9.84 Å². The zero-order valence-corrected chi connectivity index (χ0v) is 6.29. The first-order valence-corrected chi connectivity index (χ1v) is 3.50. The van der Waals surface area contributed by atoms with E-state index in [2.05, 4.69) is 26.6 Å². The first-order chi connectivity index (χ1) is 5.43. The number of hydrogen-bond donors (Lipinski definition) is 1. The maximum absolute atomic E-state index is 4.55. The molecule has 1 heterocycles. The van der Waals surface area contributed by atoms with Crippen molar-refractivity contribution in [1.29, 1.82) is 0 Å². The van der Waals surface area contributed by atoms with Gasteiger partial charge in [0.05, 0.1) is 6.54 Å². The lowest BCUT2D eigenvalue weighted by atomic mass is 10.4. The predicted molar refractivity (Wildman–Crippen MR) is 40.8 cm³/mol. The average molecular weight is 153 g/mol. The zero-order chi connectivity index (χ0) is 7.94. The lowest BCUT2D eigenvalue weighted by Gasteiger charge is -1.95. The van der Waals surface area contributed by atoms with Crippen LogP contribution in [0.1, 0.15) is 12.2 Å². The van der Waals surface area contributed by atoms with Crippen LogP contribution in [0.4, 0.5) is 0 Å². The van der Waals surface area contributed by atoms with Crippen molar-refractivity contribution >= 4 is 0 Å². The number of aromatic nitrogens is 2. The number of nitrogens with zero attached hydrogens (tertiary/aromatic N) is 2. The van der Waals surface area contributed by atoms with Crippen molar-refractivity contribution in [1.82, 2.24) is 15.5 Å². The Labute approximate surface area is 65.3 Å². The van der Waals surface area contributed by atoms with Crippen LogP contribution in [0.5, 0.6) is 0 Å². The number of hydrogen-bond acceptors (Lipinski definition) is 4. The molecule has 0 aromatic carbocycles. The first-order valence-electron chi connectivity index (χ1n) is 3.50. The molecule has 0 aliphatic rings. The third-order valence-electron chi connectivity index (χ3n) is 1.22. The molecule has 4 nitrogen and oxygen atoms in total. The molecule has 1 N–H and O–H groups in total. The summed E-state index contributed by atoms with van der Waals surface area (Å²) < 4.78 is 4.55. The SMILES string of the molecule is C=CCCNCc1ncon1. The van der Waals surface area contributed by atoms with Crippen LogP contribution >= 0.6 is 0 Å². The summed E-state index contributed by atoms with van der Waals surface area (Å²) in [7, 11) is 0. The molecule has 0 atom stereocenters. The summed E-state index contributed by atoms with van der Waals surface area (Å²) in [5, 5.41) is 6.77. The molecule has 0 radical (unpaired) electrons. The van der Waals surface area contributed by atoms with Gasteiger partial charge in [0.15, 0.2) is 5.82 Å². The minimum atomic E-state index is 0.657. The van der Waals surface area contributed by atoms with Crippen molar-refractivity contribution < 1.29 is 4.52 Å². The molecule has 0 saturated carbocycles. The highest BCUT2D eigenvalue weighted by Gasteiger charge is 1.94. The quantitative estimate of drug-likeness (QED) is 0.500. The van der Waals surface area contributed by atoms with E-state index in [4.69, 9.17) is 0 Å². The van der Waals surface area contributed by atoms with Crippen LogP contribution in [-0.4, -0.2) is 16.7 Å². The van der Waals surface area contributed by atoms with Gasteiger partial charge in [0.25, 0.3) is 0 Å². The van der Waals surface area contributed by atoms with Gasteiger partial charge in [-0.25, -0.2) is 0 Å². The summed E-state index contributed by atoms with van der Waals surface area (Å²) in [6.45, 7) is 5.16. The Bertz CT molecular complexity index is 195. The van der Waals surface area contributed by atoms with Crippen LogP contribution in [-0.2, 0) is 6.54 Å². The van der Waals surface area contributed by atoms with Crippen LogP contribution in [0.25, 0.3) is 0 Å². The fraction of sp³-hybridized carbons (Fsp3) is 0.429. The zero-order valence-electron chi connectivity index (χ0n) is 6.29. The van der Waals surface area contributed by atoms with Crippen molar-refractivity contribution in [3.8, 4) is 0 Å². The highest BCUT2D eigenvalue weighted by Crippen LogP contribution is 1.86. The molecule has 11 heavy (non-hydrogen) atoms. The number of nitrogens with one attached hydrogen (secondary N) is 1. The first kappa shape index (κ1) is 7.94. The summed E-state index contributed by atoms with van der Waals surface area (Å²) in [6, 6.07) is 0. The van der Waals surface area contributed by atoms with E-state index < -0.39 is 0 Å². The van der Waals surface area contributed by atoms with Crippen LogP contribution in [0.15, 0.2) is 23.6 Å². The highest BCUT2D eigenvalue weighted by molar-refractivity contribution is 4.77. The molecule has 0 unspecified atom stereocenters. The molecule has 4 heteroatoms. The van der Waals surface area contributed by atoms with Gasteiger partial charge in [-0.05, 0) is 13.0 Å². The van der Waals surface area contributed by atoms with E-state index in [1.165, 1.54) is 6.39 Å². The van der Waals surface area contributed by atoms with Gasteiger partial charge in [-0.15, -0.1) is 6.58 Å². The van der Waals surface area contributed by atoms with Crippen molar-refractivity contribution in [2.45, 2.75) is 13.0 Å². The van der Waals surface area contributed by atoms with Gasteiger partial charge in [0, 0.05) is 0 Å². The summed E-state index contributed by atoms with van der Waals surface area (Å²) >= 11 is 0. The normalized spacial score (nSPS) is 9.82. The maximum atomic E-state index is 4.55. The van der Waals surface area contributed by atoms with Crippen LogP contribution in [0.2, 0.25) is 0 Å². The lowest BCUT2D eigenvalue weighted by molar-refractivity contribution is 0.407. The van der Waals surface area contributed by atoms with Crippen molar-refractivity contribution in [2.24, 2.45) is 0 Å².